The summed E-state index contributed by atoms with van der Waals surface area (Å²) in [6.07, 6.45) is 0.919. The van der Waals surface area contributed by atoms with E-state index in [0.29, 0.717) is 6.61 Å². The van der Waals surface area contributed by atoms with Crippen molar-refractivity contribution in [1.29, 1.82) is 0 Å². The summed E-state index contributed by atoms with van der Waals surface area (Å²) in [5, 5.41) is 11.0. The van der Waals surface area contributed by atoms with Crippen molar-refractivity contribution in [3.63, 3.8) is 0 Å². The van der Waals surface area contributed by atoms with Gasteiger partial charge in [0.2, 0.25) is 0 Å². The number of benzene rings is 3. The van der Waals surface area contributed by atoms with E-state index >= 15 is 0 Å². The largest absolute Gasteiger partial charge is 1.00 e. The van der Waals surface area contributed by atoms with Crippen LogP contribution in [0.15, 0.2) is 66.7 Å². The molecule has 0 aliphatic carbocycles. The SMILES string of the molecule is CC#C[C@@H](CC(=O)[O-])c1ccc(OCc2ccc(CN3CCc4cc(OC)ccc4C3)cc2)cc1.[Na+]. The predicted molar refractivity (Wildman–Crippen MR) is 134 cm³/mol. The average Bonchev–Trinajstić information content (AvgIpc) is 2.88. The third kappa shape index (κ3) is 7.62. The van der Waals surface area contributed by atoms with E-state index in [4.69, 9.17) is 9.47 Å². The number of methoxy groups -OCH3 is 1. The van der Waals surface area contributed by atoms with E-state index in [2.05, 4.69) is 53.1 Å². The van der Waals surface area contributed by atoms with Gasteiger partial charge >= 0.3 is 29.6 Å². The number of fused-ring (bicyclic) bond motifs is 1. The molecule has 1 aliphatic heterocycles. The number of aliphatic carboxylic acids is 1. The number of carboxylic acid groups (broad SMARTS) is 1. The molecule has 180 valence electrons. The molecule has 3 aromatic rings. The molecular weight excluding hydrogens is 461 g/mol. The molecule has 0 N–H and O–H groups in total. The Hall–Kier alpha value is -2.75. The summed E-state index contributed by atoms with van der Waals surface area (Å²) < 4.78 is 11.3. The normalized spacial score (nSPS) is 13.4. The second-order valence-electron chi connectivity index (χ2n) is 8.79. The number of carbonyl (C=O) groups is 1. The zero-order valence-corrected chi connectivity index (χ0v) is 23.3. The van der Waals surface area contributed by atoms with Crippen LogP contribution in [0.5, 0.6) is 11.5 Å². The quantitative estimate of drug-likeness (QED) is 0.331. The van der Waals surface area contributed by atoms with E-state index in [-0.39, 0.29) is 41.9 Å². The van der Waals surface area contributed by atoms with Gasteiger partial charge in [-0.2, -0.15) is 0 Å². The molecule has 0 saturated carbocycles. The van der Waals surface area contributed by atoms with Crippen LogP contribution in [-0.2, 0) is 30.9 Å². The van der Waals surface area contributed by atoms with Crippen molar-refractivity contribution in [3.8, 4) is 23.3 Å². The Morgan fingerprint density at radius 2 is 1.69 bits per heavy atom. The molecule has 1 atom stereocenters. The second-order valence-corrected chi connectivity index (χ2v) is 8.79. The molecule has 3 aromatic carbocycles. The molecule has 0 saturated heterocycles. The van der Waals surface area contributed by atoms with Crippen molar-refractivity contribution in [2.24, 2.45) is 0 Å². The Bertz CT molecular complexity index is 1210. The molecule has 0 unspecified atom stereocenters. The third-order valence-corrected chi connectivity index (χ3v) is 6.31. The van der Waals surface area contributed by atoms with Gasteiger partial charge in [-0.15, -0.1) is 5.92 Å². The number of carbonyl (C=O) groups excluding carboxylic acids is 1. The number of hydrogen-bond donors (Lipinski definition) is 0. The fourth-order valence-corrected chi connectivity index (χ4v) is 4.40. The zero-order chi connectivity index (χ0) is 24.6. The molecule has 5 nitrogen and oxygen atoms in total. The zero-order valence-electron chi connectivity index (χ0n) is 21.3. The van der Waals surface area contributed by atoms with Gasteiger partial charge in [0.25, 0.3) is 0 Å². The molecule has 1 aliphatic rings. The van der Waals surface area contributed by atoms with Gasteiger partial charge in [-0.3, -0.25) is 4.90 Å². The molecule has 1 heterocycles. The summed E-state index contributed by atoms with van der Waals surface area (Å²) in [6, 6.07) is 22.4. The Balaban J connectivity index is 0.00000361. The summed E-state index contributed by atoms with van der Waals surface area (Å²) in [5.41, 5.74) is 5.99. The first-order chi connectivity index (χ1) is 17.0. The van der Waals surface area contributed by atoms with Crippen LogP contribution in [0, 0.1) is 11.8 Å². The monoisotopic (exact) mass is 491 g/mol. The number of rotatable bonds is 9. The van der Waals surface area contributed by atoms with E-state index in [0.717, 1.165) is 48.7 Å². The van der Waals surface area contributed by atoms with Gasteiger partial charge in [-0.1, -0.05) is 48.4 Å². The van der Waals surface area contributed by atoms with Crippen LogP contribution in [0.25, 0.3) is 0 Å². The molecule has 0 bridgehead atoms. The molecule has 0 fully saturated rings. The van der Waals surface area contributed by atoms with Crippen molar-refractivity contribution in [2.75, 3.05) is 13.7 Å². The molecule has 6 heteroatoms. The molecule has 0 radical (unpaired) electrons. The van der Waals surface area contributed by atoms with Gasteiger partial charge in [-0.05, 0) is 65.4 Å². The van der Waals surface area contributed by atoms with E-state index < -0.39 is 5.97 Å². The Kier molecular flexibility index (Phi) is 10.5. The van der Waals surface area contributed by atoms with Gasteiger partial charge < -0.3 is 19.4 Å². The van der Waals surface area contributed by atoms with E-state index in [1.54, 1.807) is 14.0 Å². The van der Waals surface area contributed by atoms with Crippen LogP contribution in [-0.4, -0.2) is 24.5 Å². The maximum atomic E-state index is 11.0. The first-order valence-corrected chi connectivity index (χ1v) is 11.8. The number of carboxylic acids is 1. The van der Waals surface area contributed by atoms with Crippen LogP contribution in [0.3, 0.4) is 0 Å². The minimum Gasteiger partial charge on any atom is -0.550 e. The smallest absolute Gasteiger partial charge is 0.550 e. The van der Waals surface area contributed by atoms with Crippen LogP contribution in [0.4, 0.5) is 0 Å². The van der Waals surface area contributed by atoms with Crippen molar-refractivity contribution < 1.29 is 48.9 Å². The van der Waals surface area contributed by atoms with Crippen molar-refractivity contribution in [3.05, 3.63) is 94.5 Å². The van der Waals surface area contributed by atoms with Gasteiger partial charge in [-0.25, -0.2) is 0 Å². The second kappa shape index (κ2) is 13.5. The van der Waals surface area contributed by atoms with E-state index in [1.807, 2.05) is 30.3 Å². The van der Waals surface area contributed by atoms with Crippen LogP contribution in [0.2, 0.25) is 0 Å². The van der Waals surface area contributed by atoms with Crippen molar-refractivity contribution in [2.45, 2.75) is 45.4 Å². The maximum absolute atomic E-state index is 11.0. The first-order valence-electron chi connectivity index (χ1n) is 11.8. The number of nitrogens with zero attached hydrogens (tertiary/aromatic N) is 1. The molecule has 0 amide bonds. The minimum atomic E-state index is -1.10. The van der Waals surface area contributed by atoms with Crippen LogP contribution >= 0.6 is 0 Å². The topological polar surface area (TPSA) is 61.8 Å². The Morgan fingerprint density at radius 3 is 2.36 bits per heavy atom. The van der Waals surface area contributed by atoms with Gasteiger partial charge in [0.1, 0.15) is 18.1 Å². The minimum absolute atomic E-state index is 0. The molecule has 36 heavy (non-hydrogen) atoms. The molecule has 4 rings (SSSR count). The van der Waals surface area contributed by atoms with Gasteiger partial charge in [0, 0.05) is 32.0 Å². The predicted octanol–water partition coefficient (Wildman–Crippen LogP) is 1.08. The molecule has 0 aromatic heterocycles. The standard InChI is InChI=1S/C30H31NO4.Na/c1-3-4-25(18-30(32)33)24-9-12-28(13-10-24)35-21-23-7-5-22(6-8-23)19-31-16-15-26-17-29(34-2)14-11-27(26)20-31;/h5-14,17,25H,15-16,18-21H2,1-2H3,(H,32,33);/q;+1/p-1/t25-;/m0./s1. The summed E-state index contributed by atoms with van der Waals surface area (Å²) in [6.45, 7) is 5.08. The Labute approximate surface area is 235 Å². The maximum Gasteiger partial charge on any atom is 1.00 e. The third-order valence-electron chi connectivity index (χ3n) is 6.31. The number of hydrogen-bond acceptors (Lipinski definition) is 5. The van der Waals surface area contributed by atoms with Gasteiger partial charge in [0.05, 0.1) is 13.0 Å². The Morgan fingerprint density at radius 1 is 1.00 bits per heavy atom. The summed E-state index contributed by atoms with van der Waals surface area (Å²) in [5.74, 6) is 5.91. The van der Waals surface area contributed by atoms with Gasteiger partial charge in [0.15, 0.2) is 0 Å². The molecular formula is C30H30NNaO4. The van der Waals surface area contributed by atoms with Crippen LogP contribution in [0.1, 0.15) is 47.1 Å². The van der Waals surface area contributed by atoms with Crippen molar-refractivity contribution >= 4 is 5.97 Å². The first kappa shape index (κ1) is 27.8. The van der Waals surface area contributed by atoms with Crippen LogP contribution < -0.4 is 44.1 Å². The summed E-state index contributed by atoms with van der Waals surface area (Å²) in [4.78, 5) is 13.5. The fourth-order valence-electron chi connectivity index (χ4n) is 4.40. The molecule has 0 spiro atoms. The summed E-state index contributed by atoms with van der Waals surface area (Å²) >= 11 is 0. The van der Waals surface area contributed by atoms with Crippen molar-refractivity contribution in [1.82, 2.24) is 4.90 Å². The number of ether oxygens (including phenoxy) is 2. The van der Waals surface area contributed by atoms with E-state index in [9.17, 15) is 9.90 Å². The average molecular weight is 492 g/mol. The summed E-state index contributed by atoms with van der Waals surface area (Å²) in [7, 11) is 1.71. The fraction of sp³-hybridized carbons (Fsp3) is 0.300. The van der Waals surface area contributed by atoms with E-state index in [1.165, 1.54) is 16.7 Å².